The van der Waals surface area contributed by atoms with Crippen molar-refractivity contribution in [2.45, 2.75) is 32.1 Å². The summed E-state index contributed by atoms with van der Waals surface area (Å²) in [4.78, 5) is 0. The molecule has 0 atom stereocenters. The van der Waals surface area contributed by atoms with Gasteiger partial charge in [-0.15, -0.1) is 11.6 Å². The van der Waals surface area contributed by atoms with Crippen LogP contribution < -0.4 is 6.15 Å². The summed E-state index contributed by atoms with van der Waals surface area (Å²) in [6.45, 7) is 4.20. The molecule has 0 amide bonds. The van der Waals surface area contributed by atoms with E-state index in [4.69, 9.17) is 11.6 Å². The lowest BCUT2D eigenvalue weighted by atomic mass is 10.3. The molecule has 7 heavy (non-hydrogen) atoms. The van der Waals surface area contributed by atoms with Crippen molar-refractivity contribution in [2.75, 3.05) is 0 Å². The Kier molecular flexibility index (Phi) is 9.17. The molecule has 0 aliphatic heterocycles. The largest absolute Gasteiger partial charge is 0.344 e. The van der Waals surface area contributed by atoms with E-state index in [1.54, 1.807) is 0 Å². The zero-order valence-electron chi connectivity index (χ0n) is 5.08. The van der Waals surface area contributed by atoms with Crippen LogP contribution in [0, 0.1) is 0 Å². The van der Waals surface area contributed by atoms with Crippen LogP contribution in [0.15, 0.2) is 0 Å². The molecule has 0 aromatic carbocycles. The molecule has 0 bridgehead atoms. The van der Waals surface area contributed by atoms with Crippen molar-refractivity contribution < 1.29 is 0 Å². The molecule has 46 valence electrons. The van der Waals surface area contributed by atoms with Gasteiger partial charge in [-0.05, 0) is 12.8 Å². The van der Waals surface area contributed by atoms with Crippen LogP contribution in [0.1, 0.15) is 26.7 Å². The fourth-order valence-corrected chi connectivity index (χ4v) is 0.289. The predicted octanol–water partition coefficient (Wildman–Crippen LogP) is 2.58. The minimum absolute atomic E-state index is 0. The van der Waals surface area contributed by atoms with Gasteiger partial charge in [0, 0.05) is 5.38 Å². The maximum atomic E-state index is 5.65. The molecule has 0 fully saturated rings. The summed E-state index contributed by atoms with van der Waals surface area (Å²) >= 11 is 5.65. The average Bonchev–Trinajstić information content (AvgIpc) is 1.65. The zero-order chi connectivity index (χ0) is 4.99. The van der Waals surface area contributed by atoms with Crippen molar-refractivity contribution in [2.24, 2.45) is 0 Å². The quantitative estimate of drug-likeness (QED) is 0.563. The molecule has 0 radical (unpaired) electrons. The van der Waals surface area contributed by atoms with Crippen LogP contribution in [0.4, 0.5) is 0 Å². The summed E-state index contributed by atoms with van der Waals surface area (Å²) in [7, 11) is 0. The van der Waals surface area contributed by atoms with Crippen LogP contribution in [-0.4, -0.2) is 5.38 Å². The van der Waals surface area contributed by atoms with Gasteiger partial charge >= 0.3 is 0 Å². The molecule has 0 spiro atoms. The molecule has 0 heterocycles. The minimum Gasteiger partial charge on any atom is -0.344 e. The Bertz CT molecular complexity index is 27.3. The number of hydrogen-bond donors (Lipinski definition) is 1. The summed E-state index contributed by atoms with van der Waals surface area (Å²) < 4.78 is 0. The monoisotopic (exact) mass is 123 g/mol. The first-order chi connectivity index (χ1) is 2.81. The van der Waals surface area contributed by atoms with Crippen LogP contribution in [0.25, 0.3) is 0 Å². The maximum Gasteiger partial charge on any atom is 0.0330 e. The van der Waals surface area contributed by atoms with E-state index in [0.717, 1.165) is 12.8 Å². The number of halogens is 1. The Labute approximate surface area is 50.6 Å². The molecule has 0 rings (SSSR count). The van der Waals surface area contributed by atoms with Crippen molar-refractivity contribution in [1.29, 1.82) is 0 Å². The van der Waals surface area contributed by atoms with Gasteiger partial charge in [-0.2, -0.15) is 0 Å². The molecule has 1 nitrogen and oxygen atoms in total. The summed E-state index contributed by atoms with van der Waals surface area (Å²) in [5.41, 5.74) is 0. The highest BCUT2D eigenvalue weighted by Gasteiger charge is 1.91. The third kappa shape index (κ3) is 6.25. The third-order valence-corrected chi connectivity index (χ3v) is 1.50. The van der Waals surface area contributed by atoms with E-state index in [0.29, 0.717) is 5.38 Å². The highest BCUT2D eigenvalue weighted by molar-refractivity contribution is 6.20. The van der Waals surface area contributed by atoms with E-state index in [1.807, 2.05) is 0 Å². The van der Waals surface area contributed by atoms with Gasteiger partial charge < -0.3 is 6.15 Å². The molecule has 0 unspecified atom stereocenters. The summed E-state index contributed by atoms with van der Waals surface area (Å²) in [6.07, 6.45) is 2.19. The molecule has 2 heteroatoms. The first kappa shape index (κ1) is 10.3. The Hall–Kier alpha value is 0.250. The highest BCUT2D eigenvalue weighted by Crippen LogP contribution is 2.03. The Morgan fingerprint density at radius 3 is 1.57 bits per heavy atom. The molecule has 0 aliphatic carbocycles. The molecule has 0 saturated heterocycles. The van der Waals surface area contributed by atoms with Gasteiger partial charge in [0.2, 0.25) is 0 Å². The molecule has 0 saturated carbocycles. The fourth-order valence-electron chi connectivity index (χ4n) is 0.289. The summed E-state index contributed by atoms with van der Waals surface area (Å²) in [5.74, 6) is 0. The van der Waals surface area contributed by atoms with E-state index in [1.165, 1.54) is 0 Å². The van der Waals surface area contributed by atoms with Gasteiger partial charge in [0.05, 0.1) is 0 Å². The predicted molar refractivity (Wildman–Crippen MR) is 35.2 cm³/mol. The van der Waals surface area contributed by atoms with Gasteiger partial charge in [-0.25, -0.2) is 0 Å². The second-order valence-corrected chi connectivity index (χ2v) is 2.03. The van der Waals surface area contributed by atoms with Crippen molar-refractivity contribution >= 4 is 11.6 Å². The fraction of sp³-hybridized carbons (Fsp3) is 1.00. The lowest BCUT2D eigenvalue weighted by Crippen LogP contribution is -1.89. The van der Waals surface area contributed by atoms with E-state index in [2.05, 4.69) is 13.8 Å². The van der Waals surface area contributed by atoms with Gasteiger partial charge in [-0.1, -0.05) is 13.8 Å². The normalized spacial score (nSPS) is 8.57. The molecular formula is C5H14ClN. The number of hydrogen-bond acceptors (Lipinski definition) is 1. The van der Waals surface area contributed by atoms with Crippen LogP contribution in [-0.2, 0) is 0 Å². The van der Waals surface area contributed by atoms with Gasteiger partial charge in [0.15, 0.2) is 0 Å². The standard InChI is InChI=1S/C5H11Cl.H3N/c1-3-5(6)4-2;/h5H,3-4H2,1-2H3;1H3. The van der Waals surface area contributed by atoms with Gasteiger partial charge in [0.25, 0.3) is 0 Å². The van der Waals surface area contributed by atoms with Gasteiger partial charge in [-0.3, -0.25) is 0 Å². The molecular weight excluding hydrogens is 110 g/mol. The first-order valence-corrected chi connectivity index (χ1v) is 2.89. The zero-order valence-corrected chi connectivity index (χ0v) is 5.83. The van der Waals surface area contributed by atoms with Gasteiger partial charge in [0.1, 0.15) is 0 Å². The van der Waals surface area contributed by atoms with E-state index in [-0.39, 0.29) is 6.15 Å². The topological polar surface area (TPSA) is 35.0 Å². The van der Waals surface area contributed by atoms with Crippen LogP contribution in [0.5, 0.6) is 0 Å². The van der Waals surface area contributed by atoms with Crippen molar-refractivity contribution in [1.82, 2.24) is 6.15 Å². The van der Waals surface area contributed by atoms with Crippen LogP contribution in [0.3, 0.4) is 0 Å². The number of rotatable bonds is 2. The van der Waals surface area contributed by atoms with Crippen molar-refractivity contribution in [3.8, 4) is 0 Å². The highest BCUT2D eigenvalue weighted by atomic mass is 35.5. The smallest absolute Gasteiger partial charge is 0.0330 e. The van der Waals surface area contributed by atoms with E-state index >= 15 is 0 Å². The van der Waals surface area contributed by atoms with Crippen molar-refractivity contribution in [3.63, 3.8) is 0 Å². The van der Waals surface area contributed by atoms with Crippen LogP contribution in [0.2, 0.25) is 0 Å². The Balaban J connectivity index is 0. The van der Waals surface area contributed by atoms with E-state index < -0.39 is 0 Å². The van der Waals surface area contributed by atoms with Crippen LogP contribution >= 0.6 is 11.6 Å². The Morgan fingerprint density at radius 2 is 1.57 bits per heavy atom. The molecule has 3 N–H and O–H groups in total. The molecule has 0 aromatic heterocycles. The lowest BCUT2D eigenvalue weighted by Gasteiger charge is -1.95. The number of alkyl halides is 1. The SMILES string of the molecule is CCC(Cl)CC.N. The minimum atomic E-state index is 0. The van der Waals surface area contributed by atoms with E-state index in [9.17, 15) is 0 Å². The maximum absolute atomic E-state index is 5.65. The average molecular weight is 124 g/mol. The summed E-state index contributed by atoms with van der Waals surface area (Å²) in [5, 5.41) is 0.407. The second-order valence-electron chi connectivity index (χ2n) is 1.41. The summed E-state index contributed by atoms with van der Waals surface area (Å²) in [6, 6.07) is 0. The molecule has 0 aromatic rings. The lowest BCUT2D eigenvalue weighted by molar-refractivity contribution is 0.782. The molecule has 0 aliphatic rings. The van der Waals surface area contributed by atoms with Crippen molar-refractivity contribution in [3.05, 3.63) is 0 Å². The first-order valence-electron chi connectivity index (χ1n) is 2.45. The Morgan fingerprint density at radius 1 is 1.29 bits per heavy atom. The third-order valence-electron chi connectivity index (χ3n) is 0.886. The second kappa shape index (κ2) is 6.25.